The molecule has 0 saturated heterocycles. The molecule has 21 heavy (non-hydrogen) atoms. The van der Waals surface area contributed by atoms with E-state index in [0.717, 1.165) is 29.3 Å². The highest BCUT2D eigenvalue weighted by atomic mass is 35.5. The van der Waals surface area contributed by atoms with Gasteiger partial charge in [0, 0.05) is 25.9 Å². The molecule has 0 aliphatic rings. The first-order valence-corrected chi connectivity index (χ1v) is 7.10. The van der Waals surface area contributed by atoms with Gasteiger partial charge in [-0.05, 0) is 18.2 Å². The number of halogens is 1. The van der Waals surface area contributed by atoms with Crippen LogP contribution in [0.2, 0.25) is 0 Å². The monoisotopic (exact) mass is 304 g/mol. The average Bonchev–Trinajstić information content (AvgIpc) is 2.91. The molecule has 0 unspecified atom stereocenters. The zero-order valence-corrected chi connectivity index (χ0v) is 12.9. The minimum atomic E-state index is 0.282. The molecule has 5 heteroatoms. The van der Waals surface area contributed by atoms with E-state index in [1.807, 2.05) is 36.0 Å². The third-order valence-corrected chi connectivity index (χ3v) is 3.11. The van der Waals surface area contributed by atoms with E-state index in [4.69, 9.17) is 21.1 Å². The molecule has 0 spiro atoms. The summed E-state index contributed by atoms with van der Waals surface area (Å²) in [5.41, 5.74) is 0.773. The lowest BCUT2D eigenvalue weighted by atomic mass is 10.2. The van der Waals surface area contributed by atoms with Gasteiger partial charge < -0.3 is 14.0 Å². The first kappa shape index (κ1) is 15.3. The lowest BCUT2D eigenvalue weighted by Crippen LogP contribution is -2.07. The Kier molecular flexibility index (Phi) is 5.53. The summed E-state index contributed by atoms with van der Waals surface area (Å²) in [7, 11) is 3.59. The van der Waals surface area contributed by atoms with Crippen molar-refractivity contribution < 1.29 is 9.47 Å². The molecule has 0 atom stereocenters. The van der Waals surface area contributed by atoms with Crippen LogP contribution in [0.5, 0.6) is 11.5 Å². The predicted molar refractivity (Wildman–Crippen MR) is 83.0 cm³/mol. The number of alkyl halides is 1. The Morgan fingerprint density at radius 3 is 2.90 bits per heavy atom. The van der Waals surface area contributed by atoms with Crippen molar-refractivity contribution in [2.75, 3.05) is 19.6 Å². The van der Waals surface area contributed by atoms with Crippen molar-refractivity contribution in [3.63, 3.8) is 0 Å². The van der Waals surface area contributed by atoms with Crippen molar-refractivity contribution in [1.29, 1.82) is 0 Å². The topological polar surface area (TPSA) is 36.3 Å². The van der Waals surface area contributed by atoms with Gasteiger partial charge in [0.15, 0.2) is 0 Å². The smallest absolute Gasteiger partial charge is 0.135 e. The molecule has 0 radical (unpaired) electrons. The van der Waals surface area contributed by atoms with Gasteiger partial charge in [-0.2, -0.15) is 0 Å². The summed E-state index contributed by atoms with van der Waals surface area (Å²) in [6.07, 6.45) is 4.43. The van der Waals surface area contributed by atoms with Crippen LogP contribution in [0.25, 0.3) is 0 Å². The zero-order valence-electron chi connectivity index (χ0n) is 12.1. The second-order valence-corrected chi connectivity index (χ2v) is 4.62. The Morgan fingerprint density at radius 2 is 2.24 bits per heavy atom. The molecule has 0 aliphatic carbocycles. The molecule has 2 rings (SSSR count). The molecule has 0 N–H and O–H groups in total. The van der Waals surface area contributed by atoms with Gasteiger partial charge in [0.2, 0.25) is 0 Å². The van der Waals surface area contributed by atoms with E-state index in [9.17, 15) is 0 Å². The maximum absolute atomic E-state index is 5.81. The van der Waals surface area contributed by atoms with Crippen LogP contribution >= 0.6 is 11.6 Å². The van der Waals surface area contributed by atoms with Crippen molar-refractivity contribution in [3.05, 3.63) is 42.0 Å². The van der Waals surface area contributed by atoms with E-state index in [2.05, 4.69) is 16.8 Å². The fourth-order valence-electron chi connectivity index (χ4n) is 1.88. The van der Waals surface area contributed by atoms with Crippen molar-refractivity contribution in [2.24, 2.45) is 7.05 Å². The highest BCUT2D eigenvalue weighted by molar-refractivity contribution is 6.19. The molecule has 0 aliphatic heterocycles. The van der Waals surface area contributed by atoms with E-state index in [1.165, 1.54) is 0 Å². The highest BCUT2D eigenvalue weighted by Crippen LogP contribution is 2.23. The van der Waals surface area contributed by atoms with Gasteiger partial charge in [0.05, 0.1) is 25.2 Å². The first-order valence-electron chi connectivity index (χ1n) is 6.56. The van der Waals surface area contributed by atoms with Crippen LogP contribution in [0.3, 0.4) is 0 Å². The standard InChI is InChI=1S/C16H17ClN2O2/c1-19-10-9-18-16(19)7-11-21-15-6-5-14(20-2)12-13(15)4-3-8-17/h5-6,9-10,12H,7-8,11H2,1-2H3. The van der Waals surface area contributed by atoms with E-state index in [1.54, 1.807) is 13.3 Å². The minimum Gasteiger partial charge on any atom is -0.497 e. The Labute approximate surface area is 129 Å². The molecule has 1 aromatic carbocycles. The van der Waals surface area contributed by atoms with Crippen molar-refractivity contribution >= 4 is 11.6 Å². The lowest BCUT2D eigenvalue weighted by molar-refractivity contribution is 0.316. The van der Waals surface area contributed by atoms with Gasteiger partial charge in [0.1, 0.15) is 17.3 Å². The summed E-state index contributed by atoms with van der Waals surface area (Å²) in [6, 6.07) is 5.55. The number of aromatic nitrogens is 2. The van der Waals surface area contributed by atoms with Crippen LogP contribution in [-0.2, 0) is 13.5 Å². The highest BCUT2D eigenvalue weighted by Gasteiger charge is 2.05. The number of imidazole rings is 1. The summed E-state index contributed by atoms with van der Waals surface area (Å²) < 4.78 is 13.0. The van der Waals surface area contributed by atoms with Crippen LogP contribution in [-0.4, -0.2) is 29.1 Å². The Bertz CT molecular complexity index is 656. The van der Waals surface area contributed by atoms with Gasteiger partial charge in [-0.1, -0.05) is 11.8 Å². The second kappa shape index (κ2) is 7.61. The fraction of sp³-hybridized carbons (Fsp3) is 0.312. The molecular weight excluding hydrogens is 288 g/mol. The van der Waals surface area contributed by atoms with Gasteiger partial charge in [-0.15, -0.1) is 11.6 Å². The van der Waals surface area contributed by atoms with E-state index < -0.39 is 0 Å². The van der Waals surface area contributed by atoms with E-state index in [0.29, 0.717) is 6.61 Å². The molecule has 0 bridgehead atoms. The zero-order chi connectivity index (χ0) is 15.1. The molecule has 0 saturated carbocycles. The summed E-state index contributed by atoms with van der Waals surface area (Å²) in [4.78, 5) is 4.26. The van der Waals surface area contributed by atoms with Gasteiger partial charge >= 0.3 is 0 Å². The second-order valence-electron chi connectivity index (χ2n) is 4.35. The van der Waals surface area contributed by atoms with Crippen molar-refractivity contribution in [1.82, 2.24) is 9.55 Å². The summed E-state index contributed by atoms with van der Waals surface area (Å²) in [5, 5.41) is 0. The molecule has 110 valence electrons. The van der Waals surface area contributed by atoms with Crippen molar-refractivity contribution in [3.8, 4) is 23.3 Å². The maximum atomic E-state index is 5.81. The van der Waals surface area contributed by atoms with Gasteiger partial charge in [-0.25, -0.2) is 4.98 Å². The van der Waals surface area contributed by atoms with Crippen LogP contribution in [0.4, 0.5) is 0 Å². The number of benzene rings is 1. The molecular formula is C16H17ClN2O2. The van der Waals surface area contributed by atoms with E-state index >= 15 is 0 Å². The number of rotatable bonds is 5. The Hall–Kier alpha value is -2.12. The van der Waals surface area contributed by atoms with Crippen molar-refractivity contribution in [2.45, 2.75) is 6.42 Å². The minimum absolute atomic E-state index is 0.282. The summed E-state index contributed by atoms with van der Waals surface area (Å²) in [6.45, 7) is 0.534. The number of aryl methyl sites for hydroxylation is 1. The van der Waals surface area contributed by atoms with Crippen LogP contribution < -0.4 is 9.47 Å². The number of hydrogen-bond acceptors (Lipinski definition) is 3. The molecule has 1 heterocycles. The van der Waals surface area contributed by atoms with Crippen LogP contribution in [0.15, 0.2) is 30.6 Å². The summed E-state index contributed by atoms with van der Waals surface area (Å²) in [5.74, 6) is 8.55. The number of methoxy groups -OCH3 is 1. The number of nitrogens with zero attached hydrogens (tertiary/aromatic N) is 2. The first-order chi connectivity index (χ1) is 10.2. The molecule has 0 amide bonds. The van der Waals surface area contributed by atoms with Gasteiger partial charge in [0.25, 0.3) is 0 Å². The van der Waals surface area contributed by atoms with Crippen LogP contribution in [0, 0.1) is 11.8 Å². The third-order valence-electron chi connectivity index (χ3n) is 2.98. The third kappa shape index (κ3) is 4.17. The maximum Gasteiger partial charge on any atom is 0.135 e. The lowest BCUT2D eigenvalue weighted by Gasteiger charge is -2.10. The molecule has 1 aromatic heterocycles. The predicted octanol–water partition coefficient (Wildman–Crippen LogP) is 2.64. The SMILES string of the molecule is COc1ccc(OCCc2nccn2C)c(C#CCCl)c1. The number of ether oxygens (including phenoxy) is 2. The van der Waals surface area contributed by atoms with Gasteiger partial charge in [-0.3, -0.25) is 0 Å². The number of hydrogen-bond donors (Lipinski definition) is 0. The molecule has 4 nitrogen and oxygen atoms in total. The Balaban J connectivity index is 2.06. The Morgan fingerprint density at radius 1 is 1.38 bits per heavy atom. The largest absolute Gasteiger partial charge is 0.497 e. The normalized spacial score (nSPS) is 9.86. The molecule has 0 fully saturated rings. The molecule has 2 aromatic rings. The quantitative estimate of drug-likeness (QED) is 0.629. The fourth-order valence-corrected chi connectivity index (χ4v) is 1.94. The van der Waals surface area contributed by atoms with E-state index in [-0.39, 0.29) is 5.88 Å². The average molecular weight is 305 g/mol. The van der Waals surface area contributed by atoms with Crippen LogP contribution in [0.1, 0.15) is 11.4 Å². The summed E-state index contributed by atoms with van der Waals surface area (Å²) >= 11 is 5.61.